The maximum Gasteiger partial charge on any atom is 0.191 e. The molecule has 0 aliphatic heterocycles. The Labute approximate surface area is 167 Å². The molecule has 0 radical (unpaired) electrons. The van der Waals surface area contributed by atoms with Gasteiger partial charge in [0.25, 0.3) is 0 Å². The fourth-order valence-electron chi connectivity index (χ4n) is 2.37. The van der Waals surface area contributed by atoms with Crippen molar-refractivity contribution in [3.63, 3.8) is 0 Å². The molecule has 1 aromatic heterocycles. The number of aliphatic hydroxyl groups is 1. The van der Waals surface area contributed by atoms with Gasteiger partial charge in [-0.25, -0.2) is 0 Å². The van der Waals surface area contributed by atoms with Crippen molar-refractivity contribution in [3.8, 4) is 0 Å². The predicted molar refractivity (Wildman–Crippen MR) is 113 cm³/mol. The van der Waals surface area contributed by atoms with Crippen molar-refractivity contribution < 1.29 is 9.52 Å². The summed E-state index contributed by atoms with van der Waals surface area (Å²) in [6.07, 6.45) is 0.853. The van der Waals surface area contributed by atoms with Crippen molar-refractivity contribution in [2.75, 3.05) is 19.6 Å². The zero-order chi connectivity index (χ0) is 17.4. The highest BCUT2D eigenvalue weighted by Crippen LogP contribution is 2.23. The molecular weight excluding hydrogens is 429 g/mol. The summed E-state index contributed by atoms with van der Waals surface area (Å²) in [7, 11) is 0. The summed E-state index contributed by atoms with van der Waals surface area (Å²) in [6.45, 7) is 8.10. The Morgan fingerprint density at radius 2 is 1.88 bits per heavy atom. The van der Waals surface area contributed by atoms with E-state index in [1.165, 1.54) is 5.56 Å². The van der Waals surface area contributed by atoms with E-state index < -0.39 is 6.10 Å². The Morgan fingerprint density at radius 1 is 1.16 bits per heavy atom. The quantitative estimate of drug-likeness (QED) is 0.339. The lowest BCUT2D eigenvalue weighted by Gasteiger charge is -2.24. The summed E-state index contributed by atoms with van der Waals surface area (Å²) < 4.78 is 5.21. The number of aliphatic hydroxyl groups excluding tert-OH is 1. The zero-order valence-electron chi connectivity index (χ0n) is 15.0. The topological polar surface area (TPSA) is 69.8 Å². The van der Waals surface area contributed by atoms with E-state index in [-0.39, 0.29) is 29.4 Å². The van der Waals surface area contributed by atoms with Crippen molar-refractivity contribution in [3.05, 3.63) is 60.1 Å². The first-order chi connectivity index (χ1) is 11.5. The molecule has 1 unspecified atom stereocenters. The van der Waals surface area contributed by atoms with E-state index in [4.69, 9.17) is 4.42 Å². The molecule has 1 heterocycles. The number of aliphatic imine (C=N–C) groups is 1. The van der Waals surface area contributed by atoms with Crippen LogP contribution in [0.3, 0.4) is 0 Å². The molecule has 0 bridgehead atoms. The van der Waals surface area contributed by atoms with Gasteiger partial charge in [-0.05, 0) is 24.6 Å². The second-order valence-electron chi connectivity index (χ2n) is 6.36. The number of hydrogen-bond donors (Lipinski definition) is 3. The molecule has 0 fully saturated rings. The third-order valence-electron chi connectivity index (χ3n) is 3.87. The summed E-state index contributed by atoms with van der Waals surface area (Å²) in [4.78, 5) is 4.67. The molecule has 5 nitrogen and oxygen atoms in total. The average Bonchev–Trinajstić information content (AvgIpc) is 3.12. The van der Waals surface area contributed by atoms with Gasteiger partial charge in [-0.15, -0.1) is 24.0 Å². The van der Waals surface area contributed by atoms with Gasteiger partial charge in [0.05, 0.1) is 19.4 Å². The molecule has 25 heavy (non-hydrogen) atoms. The molecule has 0 saturated carbocycles. The molecule has 2 aromatic rings. The summed E-state index contributed by atoms with van der Waals surface area (Å²) in [6, 6.07) is 13.9. The molecule has 0 amide bonds. The van der Waals surface area contributed by atoms with E-state index in [2.05, 4.69) is 41.6 Å². The van der Waals surface area contributed by atoms with Crippen LogP contribution < -0.4 is 10.6 Å². The van der Waals surface area contributed by atoms with Crippen molar-refractivity contribution in [2.24, 2.45) is 4.99 Å². The Balaban J connectivity index is 0.00000312. The van der Waals surface area contributed by atoms with Gasteiger partial charge in [0.2, 0.25) is 0 Å². The highest BCUT2D eigenvalue weighted by Gasteiger charge is 2.20. The van der Waals surface area contributed by atoms with Crippen LogP contribution >= 0.6 is 24.0 Å². The monoisotopic (exact) mass is 457 g/mol. The van der Waals surface area contributed by atoms with Crippen LogP contribution in [-0.2, 0) is 5.41 Å². The number of guanidine groups is 1. The molecule has 0 spiro atoms. The molecule has 3 N–H and O–H groups in total. The van der Waals surface area contributed by atoms with E-state index in [9.17, 15) is 5.11 Å². The van der Waals surface area contributed by atoms with Crippen LogP contribution in [-0.4, -0.2) is 30.7 Å². The number of halogens is 1. The largest absolute Gasteiger partial charge is 0.467 e. The fraction of sp³-hybridized carbons (Fsp3) is 0.421. The summed E-state index contributed by atoms with van der Waals surface area (Å²) in [5, 5.41) is 16.5. The van der Waals surface area contributed by atoms with E-state index in [0.29, 0.717) is 24.8 Å². The van der Waals surface area contributed by atoms with Crippen LogP contribution in [0.4, 0.5) is 0 Å². The van der Waals surface area contributed by atoms with Crippen LogP contribution in [0.1, 0.15) is 38.2 Å². The second kappa shape index (κ2) is 10.5. The van der Waals surface area contributed by atoms with Crippen LogP contribution in [0.25, 0.3) is 0 Å². The highest BCUT2D eigenvalue weighted by molar-refractivity contribution is 14.0. The second-order valence-corrected chi connectivity index (χ2v) is 6.36. The SMILES string of the molecule is CCNC(=NCC(C)(C)c1ccccc1)NCC(O)c1ccco1.I. The van der Waals surface area contributed by atoms with Gasteiger partial charge in [-0.2, -0.15) is 0 Å². The number of nitrogens with zero attached hydrogens (tertiary/aromatic N) is 1. The Morgan fingerprint density at radius 3 is 2.48 bits per heavy atom. The first-order valence-corrected chi connectivity index (χ1v) is 8.32. The molecule has 0 saturated heterocycles. The van der Waals surface area contributed by atoms with Crippen LogP contribution in [0.15, 0.2) is 58.1 Å². The average molecular weight is 457 g/mol. The van der Waals surface area contributed by atoms with Gasteiger partial charge in [0.1, 0.15) is 11.9 Å². The van der Waals surface area contributed by atoms with Crippen molar-refractivity contribution in [1.29, 1.82) is 0 Å². The van der Waals surface area contributed by atoms with E-state index in [0.717, 1.165) is 6.54 Å². The molecule has 1 atom stereocenters. The molecular formula is C19H28IN3O2. The van der Waals surface area contributed by atoms with Gasteiger partial charge < -0.3 is 20.2 Å². The lowest BCUT2D eigenvalue weighted by Crippen LogP contribution is -2.40. The smallest absolute Gasteiger partial charge is 0.191 e. The number of hydrogen-bond acceptors (Lipinski definition) is 3. The van der Waals surface area contributed by atoms with E-state index in [1.807, 2.05) is 25.1 Å². The van der Waals surface area contributed by atoms with Crippen LogP contribution in [0.5, 0.6) is 0 Å². The standard InChI is InChI=1S/C19H27N3O2.HI/c1-4-20-18(21-13-16(23)17-11-8-12-24-17)22-14-19(2,3)15-9-6-5-7-10-15;/h5-12,16,23H,4,13-14H2,1-3H3,(H2,20,21,22);1H. The van der Waals surface area contributed by atoms with Crippen LogP contribution in [0.2, 0.25) is 0 Å². The Hall–Kier alpha value is -1.54. The first kappa shape index (κ1) is 21.5. The predicted octanol–water partition coefficient (Wildman–Crippen LogP) is 3.46. The van der Waals surface area contributed by atoms with Gasteiger partial charge in [-0.1, -0.05) is 44.2 Å². The summed E-state index contributed by atoms with van der Waals surface area (Å²) in [5.74, 6) is 1.23. The summed E-state index contributed by atoms with van der Waals surface area (Å²) >= 11 is 0. The maximum atomic E-state index is 10.1. The minimum Gasteiger partial charge on any atom is -0.467 e. The van der Waals surface area contributed by atoms with Crippen molar-refractivity contribution >= 4 is 29.9 Å². The number of nitrogens with one attached hydrogen (secondary N) is 2. The molecule has 6 heteroatoms. The lowest BCUT2D eigenvalue weighted by molar-refractivity contribution is 0.153. The fourth-order valence-corrected chi connectivity index (χ4v) is 2.37. The number of rotatable bonds is 7. The first-order valence-electron chi connectivity index (χ1n) is 8.32. The van der Waals surface area contributed by atoms with Gasteiger partial charge in [0, 0.05) is 12.0 Å². The normalized spacial score (nSPS) is 13.0. The number of benzene rings is 1. The third kappa shape index (κ3) is 6.70. The van der Waals surface area contributed by atoms with Gasteiger partial charge in [0.15, 0.2) is 5.96 Å². The van der Waals surface area contributed by atoms with Gasteiger partial charge >= 0.3 is 0 Å². The lowest BCUT2D eigenvalue weighted by atomic mass is 9.85. The molecule has 138 valence electrons. The third-order valence-corrected chi connectivity index (χ3v) is 3.87. The van der Waals surface area contributed by atoms with Gasteiger partial charge in [-0.3, -0.25) is 4.99 Å². The Bertz CT molecular complexity index is 627. The zero-order valence-corrected chi connectivity index (χ0v) is 17.4. The van der Waals surface area contributed by atoms with Crippen molar-refractivity contribution in [1.82, 2.24) is 10.6 Å². The maximum absolute atomic E-state index is 10.1. The van der Waals surface area contributed by atoms with Crippen molar-refractivity contribution in [2.45, 2.75) is 32.3 Å². The molecule has 1 aromatic carbocycles. The summed E-state index contributed by atoms with van der Waals surface area (Å²) in [5.41, 5.74) is 1.18. The molecule has 2 rings (SSSR count). The number of furan rings is 1. The molecule has 0 aliphatic carbocycles. The minimum absolute atomic E-state index is 0. The molecule has 0 aliphatic rings. The Kier molecular flexibility index (Phi) is 8.99. The van der Waals surface area contributed by atoms with E-state index >= 15 is 0 Å². The van der Waals surface area contributed by atoms with E-state index in [1.54, 1.807) is 18.4 Å². The minimum atomic E-state index is -0.703. The van der Waals surface area contributed by atoms with Crippen LogP contribution in [0, 0.1) is 0 Å². The highest BCUT2D eigenvalue weighted by atomic mass is 127.